The molecular formula is C16H11BrF2O2. The van der Waals surface area contributed by atoms with E-state index >= 15 is 0 Å². The van der Waals surface area contributed by atoms with E-state index in [2.05, 4.69) is 15.9 Å². The van der Waals surface area contributed by atoms with Crippen LogP contribution in [0.5, 0.6) is 5.75 Å². The van der Waals surface area contributed by atoms with Gasteiger partial charge >= 0.3 is 0 Å². The van der Waals surface area contributed by atoms with E-state index in [1.54, 1.807) is 6.07 Å². The Balaban J connectivity index is 2.23. The van der Waals surface area contributed by atoms with E-state index in [1.807, 2.05) is 0 Å². The van der Waals surface area contributed by atoms with Crippen LogP contribution in [0.4, 0.5) is 8.78 Å². The third-order valence-corrected chi connectivity index (χ3v) is 3.31. The average molecular weight is 353 g/mol. The molecule has 5 heteroatoms. The van der Waals surface area contributed by atoms with Crippen LogP contribution < -0.4 is 4.74 Å². The van der Waals surface area contributed by atoms with E-state index in [0.717, 1.165) is 12.1 Å². The van der Waals surface area contributed by atoms with Crippen LogP contribution in [0.25, 0.3) is 6.08 Å². The summed E-state index contributed by atoms with van der Waals surface area (Å²) in [5.41, 5.74) is 0.157. The highest BCUT2D eigenvalue weighted by Crippen LogP contribution is 2.19. The van der Waals surface area contributed by atoms with Crippen molar-refractivity contribution in [2.24, 2.45) is 0 Å². The fourth-order valence-corrected chi connectivity index (χ4v) is 2.05. The number of benzene rings is 2. The SMILES string of the molecule is COc1ccc(C(=O)/C=C/c2ccc(Br)cc2F)c(F)c1. The molecule has 21 heavy (non-hydrogen) atoms. The first-order chi connectivity index (χ1) is 10.0. The number of hydrogen-bond acceptors (Lipinski definition) is 2. The van der Waals surface area contributed by atoms with Crippen molar-refractivity contribution in [3.63, 3.8) is 0 Å². The fourth-order valence-electron chi connectivity index (χ4n) is 1.71. The zero-order valence-corrected chi connectivity index (χ0v) is 12.7. The first-order valence-corrected chi connectivity index (χ1v) is 6.81. The standard InChI is InChI=1S/C16H11BrF2O2/c1-21-12-5-6-13(15(19)9-12)16(20)7-3-10-2-4-11(17)8-14(10)18/h2-9H,1H3/b7-3+. The van der Waals surface area contributed by atoms with Gasteiger partial charge in [-0.3, -0.25) is 4.79 Å². The van der Waals surface area contributed by atoms with Crippen molar-refractivity contribution in [3.8, 4) is 5.75 Å². The molecule has 0 N–H and O–H groups in total. The van der Waals surface area contributed by atoms with E-state index in [0.29, 0.717) is 10.2 Å². The molecule has 0 saturated heterocycles. The minimum atomic E-state index is -0.680. The smallest absolute Gasteiger partial charge is 0.188 e. The minimum absolute atomic E-state index is 0.0930. The molecule has 0 aliphatic heterocycles. The number of halogens is 3. The van der Waals surface area contributed by atoms with Gasteiger partial charge in [0.05, 0.1) is 12.7 Å². The summed E-state index contributed by atoms with van der Waals surface area (Å²) >= 11 is 3.14. The molecule has 0 unspecified atom stereocenters. The number of ketones is 1. The topological polar surface area (TPSA) is 26.3 Å². The van der Waals surface area contributed by atoms with Crippen LogP contribution in [0.15, 0.2) is 46.9 Å². The van der Waals surface area contributed by atoms with Crippen LogP contribution in [0.3, 0.4) is 0 Å². The summed E-state index contributed by atoms with van der Waals surface area (Å²) in [4.78, 5) is 11.9. The molecule has 0 aliphatic rings. The molecule has 0 atom stereocenters. The van der Waals surface area contributed by atoms with Crippen LogP contribution in [0.2, 0.25) is 0 Å². The number of ether oxygens (including phenoxy) is 1. The van der Waals surface area contributed by atoms with Crippen molar-refractivity contribution in [2.45, 2.75) is 0 Å². The Labute approximate surface area is 129 Å². The summed E-state index contributed by atoms with van der Waals surface area (Å²) in [7, 11) is 1.41. The first kappa shape index (κ1) is 15.4. The Morgan fingerprint density at radius 3 is 2.52 bits per heavy atom. The molecule has 0 spiro atoms. The number of allylic oxidation sites excluding steroid dienone is 1. The van der Waals surface area contributed by atoms with Gasteiger partial charge in [0.1, 0.15) is 17.4 Å². The molecule has 108 valence electrons. The van der Waals surface area contributed by atoms with Gasteiger partial charge in [-0.15, -0.1) is 0 Å². The van der Waals surface area contributed by atoms with Gasteiger partial charge in [-0.25, -0.2) is 8.78 Å². The van der Waals surface area contributed by atoms with E-state index < -0.39 is 17.4 Å². The van der Waals surface area contributed by atoms with Gasteiger partial charge in [-0.05, 0) is 36.4 Å². The van der Waals surface area contributed by atoms with Crippen molar-refractivity contribution < 1.29 is 18.3 Å². The quantitative estimate of drug-likeness (QED) is 0.592. The van der Waals surface area contributed by atoms with Crippen molar-refractivity contribution >= 4 is 27.8 Å². The van der Waals surface area contributed by atoms with Gasteiger partial charge in [0.15, 0.2) is 5.78 Å². The molecule has 0 bridgehead atoms. The summed E-state index contributed by atoms with van der Waals surface area (Å²) in [6, 6.07) is 8.41. The van der Waals surface area contributed by atoms with Crippen LogP contribution in [-0.2, 0) is 0 Å². The number of methoxy groups -OCH3 is 1. The van der Waals surface area contributed by atoms with Crippen molar-refractivity contribution in [2.75, 3.05) is 7.11 Å². The van der Waals surface area contributed by atoms with Crippen LogP contribution >= 0.6 is 15.9 Å². The molecule has 2 aromatic rings. The van der Waals surface area contributed by atoms with Gasteiger partial charge in [0, 0.05) is 16.1 Å². The molecule has 0 heterocycles. The largest absolute Gasteiger partial charge is 0.497 e. The fraction of sp³-hybridized carbons (Fsp3) is 0.0625. The second-order valence-electron chi connectivity index (χ2n) is 4.21. The lowest BCUT2D eigenvalue weighted by Gasteiger charge is -2.02. The highest BCUT2D eigenvalue weighted by molar-refractivity contribution is 9.10. The van der Waals surface area contributed by atoms with Crippen molar-refractivity contribution in [3.05, 3.63) is 69.7 Å². The molecule has 0 aromatic heterocycles. The second-order valence-corrected chi connectivity index (χ2v) is 5.12. The van der Waals surface area contributed by atoms with E-state index in [4.69, 9.17) is 4.74 Å². The molecule has 0 aliphatic carbocycles. The number of carbonyl (C=O) groups excluding carboxylic acids is 1. The number of rotatable bonds is 4. The number of carbonyl (C=O) groups is 1. The molecule has 0 fully saturated rings. The molecule has 0 radical (unpaired) electrons. The summed E-state index contributed by atoms with van der Waals surface area (Å²) in [6.07, 6.45) is 2.45. The lowest BCUT2D eigenvalue weighted by molar-refractivity contribution is 0.104. The molecule has 2 aromatic carbocycles. The zero-order valence-electron chi connectivity index (χ0n) is 11.1. The molecule has 2 rings (SSSR count). The predicted octanol–water partition coefficient (Wildman–Crippen LogP) is 4.63. The summed E-state index contributed by atoms with van der Waals surface area (Å²) < 4.78 is 32.8. The number of hydrogen-bond donors (Lipinski definition) is 0. The van der Waals surface area contributed by atoms with Gasteiger partial charge in [0.25, 0.3) is 0 Å². The summed E-state index contributed by atoms with van der Waals surface area (Å²) in [5.74, 6) is -1.37. The van der Waals surface area contributed by atoms with Gasteiger partial charge in [-0.1, -0.05) is 22.0 Å². The normalized spacial score (nSPS) is 10.9. The van der Waals surface area contributed by atoms with Crippen LogP contribution in [-0.4, -0.2) is 12.9 Å². The third kappa shape index (κ3) is 3.76. The highest BCUT2D eigenvalue weighted by Gasteiger charge is 2.10. The molecule has 0 amide bonds. The Kier molecular flexibility index (Phi) is 4.85. The zero-order chi connectivity index (χ0) is 15.4. The van der Waals surface area contributed by atoms with E-state index in [1.165, 1.54) is 37.5 Å². The second kappa shape index (κ2) is 6.63. The maximum absolute atomic E-state index is 13.7. The first-order valence-electron chi connectivity index (χ1n) is 6.02. The van der Waals surface area contributed by atoms with Crippen molar-refractivity contribution in [1.82, 2.24) is 0 Å². The Bertz CT molecular complexity index is 711. The van der Waals surface area contributed by atoms with Crippen LogP contribution in [0, 0.1) is 11.6 Å². The third-order valence-electron chi connectivity index (χ3n) is 2.82. The Hall–Kier alpha value is -2.01. The summed E-state index contributed by atoms with van der Waals surface area (Å²) in [5, 5.41) is 0. The van der Waals surface area contributed by atoms with Gasteiger partial charge in [-0.2, -0.15) is 0 Å². The molecule has 2 nitrogen and oxygen atoms in total. The van der Waals surface area contributed by atoms with Crippen LogP contribution in [0.1, 0.15) is 15.9 Å². The molecular weight excluding hydrogens is 342 g/mol. The van der Waals surface area contributed by atoms with Gasteiger partial charge < -0.3 is 4.74 Å². The van der Waals surface area contributed by atoms with E-state index in [-0.39, 0.29) is 11.1 Å². The monoisotopic (exact) mass is 352 g/mol. The van der Waals surface area contributed by atoms with Crippen molar-refractivity contribution in [1.29, 1.82) is 0 Å². The lowest BCUT2D eigenvalue weighted by Crippen LogP contribution is -1.99. The Morgan fingerprint density at radius 1 is 1.14 bits per heavy atom. The summed E-state index contributed by atoms with van der Waals surface area (Å²) in [6.45, 7) is 0. The maximum atomic E-state index is 13.7. The Morgan fingerprint density at radius 2 is 1.90 bits per heavy atom. The predicted molar refractivity (Wildman–Crippen MR) is 80.4 cm³/mol. The maximum Gasteiger partial charge on any atom is 0.188 e. The minimum Gasteiger partial charge on any atom is -0.497 e. The average Bonchev–Trinajstić information content (AvgIpc) is 2.45. The van der Waals surface area contributed by atoms with E-state index in [9.17, 15) is 13.6 Å². The lowest BCUT2D eigenvalue weighted by atomic mass is 10.1. The molecule has 0 saturated carbocycles. The highest BCUT2D eigenvalue weighted by atomic mass is 79.9. The van der Waals surface area contributed by atoms with Gasteiger partial charge in [0.2, 0.25) is 0 Å².